The van der Waals surface area contributed by atoms with Crippen LogP contribution in [0.5, 0.6) is 0 Å². The van der Waals surface area contributed by atoms with Gasteiger partial charge in [0.15, 0.2) is 5.17 Å². The van der Waals surface area contributed by atoms with Gasteiger partial charge in [-0.05, 0) is 24.6 Å². The van der Waals surface area contributed by atoms with Crippen molar-refractivity contribution in [2.75, 3.05) is 19.0 Å². The fraction of sp³-hybridized carbons (Fsp3) is 0.300. The molecule has 0 unspecified atom stereocenters. The van der Waals surface area contributed by atoms with Crippen LogP contribution in [0.4, 0.5) is 8.78 Å². The summed E-state index contributed by atoms with van der Waals surface area (Å²) in [6.45, 7) is 0.780. The average Bonchev–Trinajstić information content (AvgIpc) is 2.68. The summed E-state index contributed by atoms with van der Waals surface area (Å²) in [4.78, 5) is 17.2. The Bertz CT molecular complexity index is 891. The molecule has 1 fully saturated rings. The zero-order chi connectivity index (χ0) is 18.9. The Balaban J connectivity index is 1.70. The van der Waals surface area contributed by atoms with Crippen LogP contribution in [0.15, 0.2) is 53.5 Å². The van der Waals surface area contributed by atoms with Gasteiger partial charge >= 0.3 is 0 Å². The third kappa shape index (κ3) is 3.49. The lowest BCUT2D eigenvalue weighted by Gasteiger charge is -2.44. The topological polar surface area (TPSA) is 50.7 Å². The van der Waals surface area contributed by atoms with Gasteiger partial charge in [0.25, 0.3) is 5.91 Å². The minimum absolute atomic E-state index is 0.0496. The van der Waals surface area contributed by atoms with E-state index in [1.807, 2.05) is 6.07 Å². The number of hydrogen-bond acceptors (Lipinski definition) is 4. The number of thioether (sulfide) groups is 1. The molecule has 2 heterocycles. The second-order valence-electron chi connectivity index (χ2n) is 6.63. The van der Waals surface area contributed by atoms with E-state index in [1.54, 1.807) is 24.3 Å². The Hall–Kier alpha value is -2.25. The van der Waals surface area contributed by atoms with Gasteiger partial charge < -0.3 is 10.1 Å². The smallest absolute Gasteiger partial charge is 0.257 e. The maximum absolute atomic E-state index is 14.6. The van der Waals surface area contributed by atoms with Crippen LogP contribution in [-0.4, -0.2) is 30.0 Å². The molecular weight excluding hydrogens is 370 g/mol. The highest BCUT2D eigenvalue weighted by Gasteiger charge is 2.47. The Morgan fingerprint density at radius 3 is 2.81 bits per heavy atom. The summed E-state index contributed by atoms with van der Waals surface area (Å²) >= 11 is 1.44. The minimum Gasteiger partial charge on any atom is -0.379 e. The number of halogens is 2. The highest BCUT2D eigenvalue weighted by atomic mass is 32.2. The first-order chi connectivity index (χ1) is 13.1. The van der Waals surface area contributed by atoms with Crippen molar-refractivity contribution >= 4 is 22.8 Å². The summed E-state index contributed by atoms with van der Waals surface area (Å²) in [7, 11) is 0. The maximum Gasteiger partial charge on any atom is 0.257 e. The Labute approximate surface area is 160 Å². The number of aliphatic imine (C=N–C) groups is 1. The molecule has 2 aliphatic heterocycles. The van der Waals surface area contributed by atoms with E-state index in [9.17, 15) is 13.6 Å². The molecule has 1 amide bonds. The van der Waals surface area contributed by atoms with Gasteiger partial charge in [0.1, 0.15) is 17.2 Å². The number of ether oxygens (including phenoxy) is 1. The summed E-state index contributed by atoms with van der Waals surface area (Å²) in [6.07, 6.45) is 0.729. The summed E-state index contributed by atoms with van der Waals surface area (Å²) in [5.41, 5.74) is -0.134. The molecule has 0 saturated carbocycles. The molecule has 140 valence electrons. The number of nitrogens with zero attached hydrogens (tertiary/aromatic N) is 1. The molecule has 4 nitrogen and oxygen atoms in total. The molecule has 1 N–H and O–H groups in total. The van der Waals surface area contributed by atoms with Crippen molar-refractivity contribution in [1.82, 2.24) is 5.32 Å². The summed E-state index contributed by atoms with van der Waals surface area (Å²) in [6, 6.07) is 12.4. The highest BCUT2D eigenvalue weighted by molar-refractivity contribution is 8.13. The Morgan fingerprint density at radius 1 is 1.22 bits per heavy atom. The zero-order valence-corrected chi connectivity index (χ0v) is 15.3. The number of amidine groups is 1. The van der Waals surface area contributed by atoms with E-state index in [4.69, 9.17) is 9.73 Å². The quantitative estimate of drug-likeness (QED) is 0.853. The van der Waals surface area contributed by atoms with Crippen LogP contribution in [0.1, 0.15) is 22.3 Å². The van der Waals surface area contributed by atoms with Gasteiger partial charge in [-0.1, -0.05) is 36.0 Å². The highest BCUT2D eigenvalue weighted by Crippen LogP contribution is 2.45. The lowest BCUT2D eigenvalue weighted by Crippen LogP contribution is -2.49. The molecular formula is C20H18F2N2O2S. The average molecular weight is 388 g/mol. The second kappa shape index (κ2) is 7.40. The van der Waals surface area contributed by atoms with Crippen LogP contribution in [-0.2, 0) is 10.3 Å². The van der Waals surface area contributed by atoms with Gasteiger partial charge in [-0.2, -0.15) is 0 Å². The first-order valence-corrected chi connectivity index (χ1v) is 9.69. The van der Waals surface area contributed by atoms with Gasteiger partial charge in [0, 0.05) is 35.5 Å². The second-order valence-corrected chi connectivity index (χ2v) is 7.64. The van der Waals surface area contributed by atoms with E-state index >= 15 is 0 Å². The van der Waals surface area contributed by atoms with Crippen LogP contribution < -0.4 is 5.32 Å². The number of benzene rings is 2. The molecule has 1 saturated heterocycles. The molecule has 0 aliphatic carbocycles. The Morgan fingerprint density at radius 2 is 2.04 bits per heavy atom. The number of rotatable bonds is 2. The lowest BCUT2D eigenvalue weighted by molar-refractivity contribution is 0.00285. The van der Waals surface area contributed by atoms with E-state index in [1.165, 1.54) is 23.9 Å². The van der Waals surface area contributed by atoms with Gasteiger partial charge in [-0.15, -0.1) is 0 Å². The number of carbonyl (C=O) groups is 1. The van der Waals surface area contributed by atoms with Crippen LogP contribution in [0.2, 0.25) is 0 Å². The van der Waals surface area contributed by atoms with Crippen LogP contribution in [0.25, 0.3) is 0 Å². The molecule has 2 aliphatic rings. The molecule has 7 heteroatoms. The van der Waals surface area contributed by atoms with E-state index in [2.05, 4.69) is 5.32 Å². The first kappa shape index (κ1) is 18.1. The molecule has 2 aromatic rings. The predicted octanol–water partition coefficient (Wildman–Crippen LogP) is 3.73. The molecule has 0 bridgehead atoms. The summed E-state index contributed by atoms with van der Waals surface area (Å²) in [5.74, 6) is -0.823. The van der Waals surface area contributed by atoms with E-state index in [-0.39, 0.29) is 18.4 Å². The number of fused-ring (bicyclic) bond motifs is 1. The van der Waals surface area contributed by atoms with Crippen molar-refractivity contribution in [2.45, 2.75) is 12.0 Å². The third-order valence-corrected chi connectivity index (χ3v) is 6.02. The number of carbonyl (C=O) groups excluding carboxylic acids is 1. The normalized spacial score (nSPS) is 24.7. The van der Waals surface area contributed by atoms with Crippen LogP contribution in [0, 0.1) is 17.6 Å². The fourth-order valence-electron chi connectivity index (χ4n) is 3.57. The van der Waals surface area contributed by atoms with Crippen LogP contribution in [0.3, 0.4) is 0 Å². The van der Waals surface area contributed by atoms with Gasteiger partial charge in [0.05, 0.1) is 6.61 Å². The molecule has 0 spiro atoms. The SMILES string of the molecule is O=C(NC1=N[C@@]2(c3ccc(F)cc3F)COCC[C@H]2CS1)c1ccccc1. The lowest BCUT2D eigenvalue weighted by atomic mass is 9.76. The van der Waals surface area contributed by atoms with E-state index < -0.39 is 17.2 Å². The fourth-order valence-corrected chi connectivity index (χ4v) is 4.76. The van der Waals surface area contributed by atoms with Crippen molar-refractivity contribution in [3.8, 4) is 0 Å². The van der Waals surface area contributed by atoms with Gasteiger partial charge in [0.2, 0.25) is 0 Å². The molecule has 0 aromatic heterocycles. The third-order valence-electron chi connectivity index (χ3n) is 4.98. The van der Waals surface area contributed by atoms with E-state index in [0.717, 1.165) is 12.5 Å². The zero-order valence-electron chi connectivity index (χ0n) is 14.5. The van der Waals surface area contributed by atoms with Crippen molar-refractivity contribution in [3.63, 3.8) is 0 Å². The monoisotopic (exact) mass is 388 g/mol. The van der Waals surface area contributed by atoms with Crippen molar-refractivity contribution in [2.24, 2.45) is 10.9 Å². The number of nitrogens with one attached hydrogen (secondary N) is 1. The van der Waals surface area contributed by atoms with Crippen molar-refractivity contribution in [3.05, 3.63) is 71.3 Å². The number of hydrogen-bond donors (Lipinski definition) is 1. The predicted molar refractivity (Wildman–Crippen MR) is 101 cm³/mol. The summed E-state index contributed by atoms with van der Waals surface area (Å²) in [5, 5.41) is 3.24. The largest absolute Gasteiger partial charge is 0.379 e. The molecule has 2 aromatic carbocycles. The maximum atomic E-state index is 14.6. The standard InChI is InChI=1S/C20H18F2N2O2S/c21-15-6-7-16(17(22)10-15)20-12-26-9-8-14(20)11-27-19(24-20)23-18(25)13-4-2-1-3-5-13/h1-7,10,14H,8-9,11-12H2,(H,23,24,25)/t14-,20-/m0/s1. The molecule has 2 atom stereocenters. The molecule has 0 radical (unpaired) electrons. The number of amides is 1. The van der Waals surface area contributed by atoms with Gasteiger partial charge in [-0.25, -0.2) is 13.8 Å². The van der Waals surface area contributed by atoms with E-state index in [0.29, 0.717) is 28.7 Å². The van der Waals surface area contributed by atoms with Crippen molar-refractivity contribution in [1.29, 1.82) is 0 Å². The molecule has 4 rings (SSSR count). The van der Waals surface area contributed by atoms with Gasteiger partial charge in [-0.3, -0.25) is 4.79 Å². The first-order valence-electron chi connectivity index (χ1n) is 8.71. The molecule has 27 heavy (non-hydrogen) atoms. The van der Waals surface area contributed by atoms with Crippen molar-refractivity contribution < 1.29 is 18.3 Å². The van der Waals surface area contributed by atoms with Crippen LogP contribution >= 0.6 is 11.8 Å². The summed E-state index contributed by atoms with van der Waals surface area (Å²) < 4.78 is 33.6. The Kier molecular flexibility index (Phi) is 4.97. The minimum atomic E-state index is -0.958.